The zero-order valence-corrected chi connectivity index (χ0v) is 11.4. The third kappa shape index (κ3) is 4.28. The van der Waals surface area contributed by atoms with Crippen molar-refractivity contribution in [3.8, 4) is 5.75 Å². The van der Waals surface area contributed by atoms with E-state index in [-0.39, 0.29) is 12.0 Å². The number of methoxy groups -OCH3 is 2. The van der Waals surface area contributed by atoms with E-state index in [0.717, 1.165) is 17.9 Å². The van der Waals surface area contributed by atoms with Gasteiger partial charge in [0.05, 0.1) is 14.2 Å². The van der Waals surface area contributed by atoms with Crippen molar-refractivity contribution in [1.82, 2.24) is 0 Å². The van der Waals surface area contributed by atoms with Crippen LogP contribution in [0.1, 0.15) is 20.3 Å². The van der Waals surface area contributed by atoms with Crippen molar-refractivity contribution in [2.45, 2.75) is 26.3 Å². The van der Waals surface area contributed by atoms with E-state index in [1.54, 1.807) is 7.11 Å². The van der Waals surface area contributed by atoms with Gasteiger partial charge in [-0.2, -0.15) is 0 Å². The van der Waals surface area contributed by atoms with Crippen molar-refractivity contribution in [2.75, 3.05) is 19.5 Å². The smallest absolute Gasteiger partial charge is 0.328 e. The zero-order valence-electron chi connectivity index (χ0n) is 11.4. The van der Waals surface area contributed by atoms with Crippen molar-refractivity contribution in [3.63, 3.8) is 0 Å². The Labute approximate surface area is 108 Å². The summed E-state index contributed by atoms with van der Waals surface area (Å²) in [7, 11) is 3.03. The van der Waals surface area contributed by atoms with Crippen LogP contribution < -0.4 is 10.1 Å². The molecule has 0 heterocycles. The summed E-state index contributed by atoms with van der Waals surface area (Å²) in [5.41, 5.74) is 0.881. The highest BCUT2D eigenvalue weighted by Gasteiger charge is 2.20. The average molecular weight is 251 g/mol. The van der Waals surface area contributed by atoms with Gasteiger partial charge in [-0.05, 0) is 36.6 Å². The molecule has 0 amide bonds. The number of carbonyl (C=O) groups excluding carboxylic acids is 1. The lowest BCUT2D eigenvalue weighted by Gasteiger charge is -2.19. The minimum atomic E-state index is -0.316. The topological polar surface area (TPSA) is 47.6 Å². The number of anilines is 1. The maximum absolute atomic E-state index is 11.7. The molecule has 1 aromatic rings. The number of nitrogens with one attached hydrogen (secondary N) is 1. The van der Waals surface area contributed by atoms with Gasteiger partial charge in [0, 0.05) is 5.69 Å². The third-order valence-electron chi connectivity index (χ3n) is 2.62. The molecule has 1 rings (SSSR count). The Balaban J connectivity index is 2.72. The molecule has 1 N–H and O–H groups in total. The minimum absolute atomic E-state index is 0.237. The number of hydrogen-bond acceptors (Lipinski definition) is 4. The molecule has 18 heavy (non-hydrogen) atoms. The SMILES string of the molecule is COC(=O)[C@@H](CC(C)C)Nc1ccc(OC)cc1. The lowest BCUT2D eigenvalue weighted by Crippen LogP contribution is -2.32. The van der Waals surface area contributed by atoms with Crippen molar-refractivity contribution < 1.29 is 14.3 Å². The first kappa shape index (κ1) is 14.4. The van der Waals surface area contributed by atoms with Gasteiger partial charge < -0.3 is 14.8 Å². The second-order valence-electron chi connectivity index (χ2n) is 4.58. The molecule has 1 aromatic carbocycles. The van der Waals surface area contributed by atoms with Gasteiger partial charge >= 0.3 is 5.97 Å². The molecule has 0 aliphatic carbocycles. The highest BCUT2D eigenvalue weighted by molar-refractivity contribution is 5.79. The molecule has 4 nitrogen and oxygen atoms in total. The molecule has 0 saturated heterocycles. The zero-order chi connectivity index (χ0) is 13.5. The molecule has 0 aliphatic heterocycles. The predicted molar refractivity (Wildman–Crippen MR) is 71.9 cm³/mol. The number of esters is 1. The molecule has 0 radical (unpaired) electrons. The minimum Gasteiger partial charge on any atom is -0.497 e. The van der Waals surface area contributed by atoms with Gasteiger partial charge in [-0.15, -0.1) is 0 Å². The second kappa shape index (κ2) is 6.89. The summed E-state index contributed by atoms with van der Waals surface area (Å²) in [6.45, 7) is 4.15. The van der Waals surface area contributed by atoms with E-state index in [1.807, 2.05) is 24.3 Å². The van der Waals surface area contributed by atoms with Crippen LogP contribution in [0, 0.1) is 5.92 Å². The van der Waals surface area contributed by atoms with Crippen LogP contribution in [0.25, 0.3) is 0 Å². The number of rotatable bonds is 6. The van der Waals surface area contributed by atoms with Gasteiger partial charge in [-0.1, -0.05) is 13.8 Å². The van der Waals surface area contributed by atoms with Gasteiger partial charge in [0.15, 0.2) is 0 Å². The second-order valence-corrected chi connectivity index (χ2v) is 4.58. The van der Waals surface area contributed by atoms with E-state index in [4.69, 9.17) is 9.47 Å². The average Bonchev–Trinajstić information content (AvgIpc) is 2.37. The molecule has 0 unspecified atom stereocenters. The van der Waals surface area contributed by atoms with Gasteiger partial charge in [-0.3, -0.25) is 0 Å². The molecule has 0 fully saturated rings. The maximum Gasteiger partial charge on any atom is 0.328 e. The van der Waals surface area contributed by atoms with Crippen molar-refractivity contribution in [3.05, 3.63) is 24.3 Å². The summed E-state index contributed by atoms with van der Waals surface area (Å²) < 4.78 is 9.89. The first-order valence-corrected chi connectivity index (χ1v) is 6.05. The fourth-order valence-electron chi connectivity index (χ4n) is 1.72. The normalized spacial score (nSPS) is 12.1. The Bertz CT molecular complexity index is 373. The summed E-state index contributed by atoms with van der Waals surface area (Å²) in [6, 6.07) is 7.16. The number of carbonyl (C=O) groups is 1. The largest absolute Gasteiger partial charge is 0.497 e. The first-order chi connectivity index (χ1) is 8.56. The number of benzene rings is 1. The highest BCUT2D eigenvalue weighted by Crippen LogP contribution is 2.18. The van der Waals surface area contributed by atoms with Gasteiger partial charge in [-0.25, -0.2) is 4.79 Å². The first-order valence-electron chi connectivity index (χ1n) is 6.05. The molecule has 4 heteroatoms. The lowest BCUT2D eigenvalue weighted by atomic mass is 10.0. The predicted octanol–water partition coefficient (Wildman–Crippen LogP) is 2.69. The van der Waals surface area contributed by atoms with Crippen LogP contribution in [0.2, 0.25) is 0 Å². The molecule has 0 spiro atoms. The van der Waals surface area contributed by atoms with E-state index in [0.29, 0.717) is 5.92 Å². The summed E-state index contributed by atoms with van der Waals surface area (Å²) >= 11 is 0. The maximum atomic E-state index is 11.7. The van der Waals surface area contributed by atoms with Gasteiger partial charge in [0.25, 0.3) is 0 Å². The standard InChI is InChI=1S/C14H21NO3/c1-10(2)9-13(14(16)18-4)15-11-5-7-12(17-3)8-6-11/h5-8,10,13,15H,9H2,1-4H3/t13-/m1/s1. The van der Waals surface area contributed by atoms with Crippen LogP contribution in [-0.2, 0) is 9.53 Å². The highest BCUT2D eigenvalue weighted by atomic mass is 16.5. The van der Waals surface area contributed by atoms with E-state index in [9.17, 15) is 4.79 Å². The molecule has 100 valence electrons. The molecular formula is C14H21NO3. The lowest BCUT2D eigenvalue weighted by molar-refractivity contribution is -0.141. The molecule has 1 atom stereocenters. The Morgan fingerprint density at radius 1 is 1.22 bits per heavy atom. The van der Waals surface area contributed by atoms with Crippen molar-refractivity contribution in [1.29, 1.82) is 0 Å². The Morgan fingerprint density at radius 3 is 2.28 bits per heavy atom. The third-order valence-corrected chi connectivity index (χ3v) is 2.62. The molecule has 0 aromatic heterocycles. The number of hydrogen-bond donors (Lipinski definition) is 1. The quantitative estimate of drug-likeness (QED) is 0.790. The van der Waals surface area contributed by atoms with Crippen LogP contribution in [0.5, 0.6) is 5.75 Å². The summed E-state index contributed by atoms with van der Waals surface area (Å²) in [5.74, 6) is 0.971. The molecule has 0 aliphatic rings. The van der Waals surface area contributed by atoms with E-state index < -0.39 is 0 Å². The fraction of sp³-hybridized carbons (Fsp3) is 0.500. The van der Waals surface area contributed by atoms with Crippen LogP contribution in [-0.4, -0.2) is 26.2 Å². The van der Waals surface area contributed by atoms with E-state index in [1.165, 1.54) is 7.11 Å². The summed E-state index contributed by atoms with van der Waals surface area (Å²) in [5, 5.41) is 3.18. The Hall–Kier alpha value is -1.71. The Morgan fingerprint density at radius 2 is 1.83 bits per heavy atom. The Kier molecular flexibility index (Phi) is 5.49. The summed E-state index contributed by atoms with van der Waals surface area (Å²) in [4.78, 5) is 11.7. The van der Waals surface area contributed by atoms with E-state index >= 15 is 0 Å². The van der Waals surface area contributed by atoms with E-state index in [2.05, 4.69) is 19.2 Å². The number of ether oxygens (including phenoxy) is 2. The monoisotopic (exact) mass is 251 g/mol. The van der Waals surface area contributed by atoms with Crippen LogP contribution in [0.15, 0.2) is 24.3 Å². The fourth-order valence-corrected chi connectivity index (χ4v) is 1.72. The van der Waals surface area contributed by atoms with Gasteiger partial charge in [0.2, 0.25) is 0 Å². The van der Waals surface area contributed by atoms with Crippen LogP contribution in [0.4, 0.5) is 5.69 Å². The molecular weight excluding hydrogens is 230 g/mol. The van der Waals surface area contributed by atoms with Crippen LogP contribution >= 0.6 is 0 Å². The van der Waals surface area contributed by atoms with Crippen molar-refractivity contribution in [2.24, 2.45) is 5.92 Å². The van der Waals surface area contributed by atoms with Crippen LogP contribution in [0.3, 0.4) is 0 Å². The summed E-state index contributed by atoms with van der Waals surface area (Å²) in [6.07, 6.45) is 0.735. The van der Waals surface area contributed by atoms with Crippen molar-refractivity contribution >= 4 is 11.7 Å². The molecule has 0 saturated carbocycles. The van der Waals surface area contributed by atoms with Gasteiger partial charge in [0.1, 0.15) is 11.8 Å². The molecule has 0 bridgehead atoms.